The summed E-state index contributed by atoms with van der Waals surface area (Å²) in [6.45, 7) is 12.0. The molecule has 0 spiro atoms. The van der Waals surface area contributed by atoms with E-state index in [1.165, 1.54) is 270 Å². The number of unbranched alkanes of at least 4 members (excludes halogenated alkanes) is 53. The maximum absolute atomic E-state index is 13.2. The molecule has 0 bridgehead atoms. The number of hydrogen-bond acceptors (Lipinski definition) is 15. The van der Waals surface area contributed by atoms with Gasteiger partial charge >= 0.3 is 39.5 Å². The molecule has 0 radical (unpaired) electrons. The lowest BCUT2D eigenvalue weighted by atomic mass is 9.99. The first-order valence-electron chi connectivity index (χ1n) is 45.4. The van der Waals surface area contributed by atoms with E-state index < -0.39 is 97.5 Å². The molecule has 0 saturated heterocycles. The summed E-state index contributed by atoms with van der Waals surface area (Å²) < 4.78 is 68.9. The number of aliphatic hydroxyl groups excluding tert-OH is 1. The van der Waals surface area contributed by atoms with Crippen LogP contribution in [-0.2, 0) is 65.4 Å². The van der Waals surface area contributed by atoms with Gasteiger partial charge in [-0.05, 0) is 43.4 Å². The molecule has 19 heteroatoms. The van der Waals surface area contributed by atoms with Crippen molar-refractivity contribution in [2.75, 3.05) is 39.6 Å². The van der Waals surface area contributed by atoms with Crippen molar-refractivity contribution < 1.29 is 80.2 Å². The zero-order valence-corrected chi connectivity index (χ0v) is 72.4. The summed E-state index contributed by atoms with van der Waals surface area (Å²) in [5, 5.41) is 10.7. The lowest BCUT2D eigenvalue weighted by molar-refractivity contribution is -0.161. The van der Waals surface area contributed by atoms with Crippen LogP contribution in [0.2, 0.25) is 0 Å². The van der Waals surface area contributed by atoms with Gasteiger partial charge < -0.3 is 33.8 Å². The Morgan fingerprint density at radius 1 is 0.271 bits per heavy atom. The number of aliphatic hydroxyl groups is 1. The topological polar surface area (TPSA) is 237 Å². The van der Waals surface area contributed by atoms with E-state index in [9.17, 15) is 43.2 Å². The molecule has 17 nitrogen and oxygen atoms in total. The normalized spacial score (nSPS) is 14.1. The summed E-state index contributed by atoms with van der Waals surface area (Å²) in [4.78, 5) is 73.2. The van der Waals surface area contributed by atoms with Gasteiger partial charge in [-0.3, -0.25) is 37.3 Å². The Bertz CT molecular complexity index is 2060. The van der Waals surface area contributed by atoms with Crippen LogP contribution in [0.25, 0.3) is 0 Å². The molecule has 6 atom stereocenters. The Kier molecular flexibility index (Phi) is 76.6. The van der Waals surface area contributed by atoms with Gasteiger partial charge in [0.15, 0.2) is 12.2 Å². The standard InChI is InChI=1S/C88H172O17P2/c1-8-10-11-12-13-14-15-16-17-18-19-20-21-25-28-31-37-42-47-55-62-69-85(90)98-75-83(104-87(92)71-64-57-48-43-38-32-29-26-23-22-24-27-30-36-41-46-54-61-68-81(7)9-2)77-102-106(94,95)100-73-82(89)74-101-107(96,97)103-78-84(76-99-86(91)70-63-56-51-50-53-60-67-80(5)6)105-88(93)72-65-58-49-44-39-34-33-35-40-45-52-59-66-79(3)4/h79-84,89H,8-78H2,1-7H3,(H,94,95)(H,96,97)/t81?,82-,83-,84-/m1/s1. The van der Waals surface area contributed by atoms with Crippen LogP contribution < -0.4 is 0 Å². The monoisotopic (exact) mass is 1560 g/mol. The first kappa shape index (κ1) is 105. The van der Waals surface area contributed by atoms with Crippen LogP contribution in [0.5, 0.6) is 0 Å². The molecule has 0 aromatic rings. The number of phosphoric acid groups is 2. The van der Waals surface area contributed by atoms with Crippen molar-refractivity contribution in [1.82, 2.24) is 0 Å². The molecule has 0 aliphatic heterocycles. The van der Waals surface area contributed by atoms with E-state index in [0.717, 1.165) is 108 Å². The van der Waals surface area contributed by atoms with Crippen molar-refractivity contribution in [2.24, 2.45) is 17.8 Å². The van der Waals surface area contributed by atoms with Gasteiger partial charge in [0.25, 0.3) is 0 Å². The smallest absolute Gasteiger partial charge is 0.462 e. The fourth-order valence-corrected chi connectivity index (χ4v) is 15.3. The lowest BCUT2D eigenvalue weighted by Crippen LogP contribution is -2.30. The fraction of sp³-hybridized carbons (Fsp3) is 0.955. The number of esters is 4. The van der Waals surface area contributed by atoms with E-state index in [1.54, 1.807) is 0 Å². The van der Waals surface area contributed by atoms with E-state index >= 15 is 0 Å². The van der Waals surface area contributed by atoms with Crippen LogP contribution in [0.1, 0.15) is 466 Å². The van der Waals surface area contributed by atoms with Gasteiger partial charge in [-0.15, -0.1) is 0 Å². The number of rotatable bonds is 86. The average Bonchev–Trinajstić information content (AvgIpc) is 0.948. The highest BCUT2D eigenvalue weighted by Gasteiger charge is 2.31. The van der Waals surface area contributed by atoms with Crippen molar-refractivity contribution in [1.29, 1.82) is 0 Å². The summed E-state index contributed by atoms with van der Waals surface area (Å²) in [5.74, 6) is 0.221. The minimum Gasteiger partial charge on any atom is -0.462 e. The Morgan fingerprint density at radius 3 is 0.710 bits per heavy atom. The summed E-state index contributed by atoms with van der Waals surface area (Å²) in [5.41, 5.74) is 0. The third-order valence-corrected chi connectivity index (χ3v) is 22.9. The molecule has 0 amide bonds. The Balaban J connectivity index is 5.20. The SMILES string of the molecule is CCCCCCCCCCCCCCCCCCCCCCCC(=O)OC[C@H](COP(=O)(O)OC[C@@H](O)COP(=O)(O)OC[C@@H](COC(=O)CCCCCCCCC(C)C)OC(=O)CCCCCCCCCCCCCCC(C)C)OC(=O)CCCCCCCCCCCCCCCCCCCCC(C)CC. The van der Waals surface area contributed by atoms with E-state index in [4.69, 9.17) is 37.0 Å². The van der Waals surface area contributed by atoms with Crippen molar-refractivity contribution in [3.05, 3.63) is 0 Å². The molecule has 3 N–H and O–H groups in total. The first-order valence-corrected chi connectivity index (χ1v) is 48.4. The maximum atomic E-state index is 13.2. The van der Waals surface area contributed by atoms with Crippen molar-refractivity contribution in [3.63, 3.8) is 0 Å². The second-order valence-corrected chi connectivity index (χ2v) is 35.7. The molecule has 0 aromatic heterocycles. The second-order valence-electron chi connectivity index (χ2n) is 32.8. The highest BCUT2D eigenvalue weighted by molar-refractivity contribution is 7.47. The average molecular weight is 1560 g/mol. The lowest BCUT2D eigenvalue weighted by Gasteiger charge is -2.21. The fourth-order valence-electron chi connectivity index (χ4n) is 13.7. The summed E-state index contributed by atoms with van der Waals surface area (Å²) >= 11 is 0. The quantitative estimate of drug-likeness (QED) is 0.0222. The maximum Gasteiger partial charge on any atom is 0.472 e. The predicted molar refractivity (Wildman–Crippen MR) is 441 cm³/mol. The zero-order valence-electron chi connectivity index (χ0n) is 70.6. The van der Waals surface area contributed by atoms with E-state index in [1.807, 2.05) is 0 Å². The molecule has 0 saturated carbocycles. The van der Waals surface area contributed by atoms with Crippen LogP contribution in [0.4, 0.5) is 0 Å². The number of hydrogen-bond donors (Lipinski definition) is 3. The van der Waals surface area contributed by atoms with Crippen molar-refractivity contribution in [2.45, 2.75) is 484 Å². The number of carbonyl (C=O) groups excluding carboxylic acids is 4. The summed E-state index contributed by atoms with van der Waals surface area (Å²) in [7, 11) is -9.93. The minimum atomic E-state index is -4.97. The molecule has 3 unspecified atom stereocenters. The molecule has 0 aromatic carbocycles. The van der Waals surface area contributed by atoms with Gasteiger partial charge in [-0.1, -0.05) is 414 Å². The van der Waals surface area contributed by atoms with Crippen molar-refractivity contribution in [3.8, 4) is 0 Å². The third kappa shape index (κ3) is 80.5. The number of carbonyl (C=O) groups is 4. The molecule has 0 rings (SSSR count). The summed E-state index contributed by atoms with van der Waals surface area (Å²) in [6.07, 6.45) is 69.7. The molecule has 0 aliphatic carbocycles. The van der Waals surface area contributed by atoms with Crippen LogP contribution >= 0.6 is 15.6 Å². The molecule has 107 heavy (non-hydrogen) atoms. The highest BCUT2D eigenvalue weighted by atomic mass is 31.2. The van der Waals surface area contributed by atoms with Crippen LogP contribution in [0, 0.1) is 17.8 Å². The van der Waals surface area contributed by atoms with E-state index in [0.29, 0.717) is 31.6 Å². The molecular weight excluding hydrogens is 1390 g/mol. The van der Waals surface area contributed by atoms with Gasteiger partial charge in [-0.25, -0.2) is 9.13 Å². The highest BCUT2D eigenvalue weighted by Crippen LogP contribution is 2.45. The van der Waals surface area contributed by atoms with Gasteiger partial charge in [0.2, 0.25) is 0 Å². The molecule has 636 valence electrons. The van der Waals surface area contributed by atoms with E-state index in [2.05, 4.69) is 48.5 Å². The first-order chi connectivity index (χ1) is 51.8. The van der Waals surface area contributed by atoms with Gasteiger partial charge in [0, 0.05) is 25.7 Å². The molecule has 0 heterocycles. The third-order valence-electron chi connectivity index (χ3n) is 21.0. The Hall–Kier alpha value is -1.94. The zero-order chi connectivity index (χ0) is 78.6. The predicted octanol–water partition coefficient (Wildman–Crippen LogP) is 26.9. The molecule has 0 aliphatic rings. The summed E-state index contributed by atoms with van der Waals surface area (Å²) in [6, 6.07) is 0. The van der Waals surface area contributed by atoms with Crippen LogP contribution in [0.15, 0.2) is 0 Å². The van der Waals surface area contributed by atoms with Gasteiger partial charge in [-0.2, -0.15) is 0 Å². The van der Waals surface area contributed by atoms with Crippen LogP contribution in [-0.4, -0.2) is 96.7 Å². The molecular formula is C88H172O17P2. The van der Waals surface area contributed by atoms with Crippen molar-refractivity contribution >= 4 is 39.5 Å². The second kappa shape index (κ2) is 78.0. The van der Waals surface area contributed by atoms with Gasteiger partial charge in [0.05, 0.1) is 26.4 Å². The largest absolute Gasteiger partial charge is 0.472 e. The Morgan fingerprint density at radius 2 is 0.477 bits per heavy atom. The Labute approximate surface area is 658 Å². The van der Waals surface area contributed by atoms with E-state index in [-0.39, 0.29) is 25.7 Å². The number of ether oxygens (including phenoxy) is 4. The molecule has 0 fully saturated rings. The van der Waals surface area contributed by atoms with Crippen LogP contribution in [0.3, 0.4) is 0 Å². The van der Waals surface area contributed by atoms with Gasteiger partial charge in [0.1, 0.15) is 19.3 Å². The number of phosphoric ester groups is 2. The minimum absolute atomic E-state index is 0.106.